The Hall–Kier alpha value is -0.980. The van der Waals surface area contributed by atoms with E-state index in [2.05, 4.69) is 58.1 Å². The molecule has 0 saturated heterocycles. The Morgan fingerprint density at radius 3 is 2.21 bits per heavy atom. The van der Waals surface area contributed by atoms with Crippen molar-refractivity contribution in [3.05, 3.63) is 29.3 Å². The highest BCUT2D eigenvalue weighted by molar-refractivity contribution is 5.52. The van der Waals surface area contributed by atoms with Crippen LogP contribution in [-0.2, 0) is 0 Å². The van der Waals surface area contributed by atoms with E-state index in [0.29, 0.717) is 12.0 Å². The van der Waals surface area contributed by atoms with Crippen LogP contribution in [0.4, 0.5) is 5.69 Å². The predicted octanol–water partition coefficient (Wildman–Crippen LogP) is 3.76. The quantitative estimate of drug-likeness (QED) is 0.767. The van der Waals surface area contributed by atoms with Crippen molar-refractivity contribution in [2.45, 2.75) is 40.7 Å². The number of anilines is 1. The summed E-state index contributed by atoms with van der Waals surface area (Å²) in [5.74, 6) is 0.663. The van der Waals surface area contributed by atoms with Crippen LogP contribution in [0.1, 0.15) is 31.9 Å². The van der Waals surface area contributed by atoms with Crippen molar-refractivity contribution in [2.24, 2.45) is 5.92 Å². The van der Waals surface area contributed by atoms with Gasteiger partial charge in [-0.3, -0.25) is 0 Å². The van der Waals surface area contributed by atoms with Gasteiger partial charge in [0.25, 0.3) is 0 Å². The van der Waals surface area contributed by atoms with Crippen molar-refractivity contribution in [3.63, 3.8) is 0 Å². The molecule has 1 rings (SSSR count). The molecular weight excluding hydrogens is 170 g/mol. The summed E-state index contributed by atoms with van der Waals surface area (Å²) in [6.45, 7) is 11.0. The Kier molecular flexibility index (Phi) is 3.56. The number of hydrogen-bond donors (Lipinski definition) is 1. The summed E-state index contributed by atoms with van der Waals surface area (Å²) in [5.41, 5.74) is 3.92. The highest BCUT2D eigenvalue weighted by Gasteiger charge is 2.07. The van der Waals surface area contributed by atoms with E-state index in [1.54, 1.807) is 0 Å². The van der Waals surface area contributed by atoms with Crippen molar-refractivity contribution in [1.29, 1.82) is 0 Å². The van der Waals surface area contributed by atoms with Gasteiger partial charge in [-0.1, -0.05) is 31.5 Å². The zero-order valence-electron chi connectivity index (χ0n) is 9.89. The van der Waals surface area contributed by atoms with Crippen molar-refractivity contribution < 1.29 is 0 Å². The lowest BCUT2D eigenvalue weighted by Crippen LogP contribution is -2.21. The van der Waals surface area contributed by atoms with E-state index in [9.17, 15) is 0 Å². The van der Waals surface area contributed by atoms with Crippen LogP contribution in [0.25, 0.3) is 0 Å². The van der Waals surface area contributed by atoms with Gasteiger partial charge >= 0.3 is 0 Å². The zero-order valence-corrected chi connectivity index (χ0v) is 9.89. The van der Waals surface area contributed by atoms with Gasteiger partial charge in [0.15, 0.2) is 0 Å². The molecule has 0 aliphatic carbocycles. The third kappa shape index (κ3) is 2.76. The van der Waals surface area contributed by atoms with Crippen LogP contribution in [-0.4, -0.2) is 6.04 Å². The van der Waals surface area contributed by atoms with E-state index >= 15 is 0 Å². The molecule has 0 bridgehead atoms. The molecule has 0 amide bonds. The smallest absolute Gasteiger partial charge is 0.0372 e. The first-order valence-corrected chi connectivity index (χ1v) is 5.34. The molecule has 0 spiro atoms. The third-order valence-corrected chi connectivity index (χ3v) is 2.77. The third-order valence-electron chi connectivity index (χ3n) is 2.77. The molecule has 0 fully saturated rings. The molecule has 1 aromatic carbocycles. The molecule has 0 aliphatic rings. The van der Waals surface area contributed by atoms with Gasteiger partial charge in [0.2, 0.25) is 0 Å². The molecule has 0 unspecified atom stereocenters. The topological polar surface area (TPSA) is 12.0 Å². The Morgan fingerprint density at radius 2 is 1.71 bits per heavy atom. The minimum Gasteiger partial charge on any atom is -0.382 e. The standard InChI is InChI=1S/C13H21N/c1-9(2)12(5)14-13-7-6-10(3)8-11(13)4/h6-9,12,14H,1-5H3/t12-/m1/s1. The van der Waals surface area contributed by atoms with E-state index in [1.165, 1.54) is 16.8 Å². The largest absolute Gasteiger partial charge is 0.382 e. The molecule has 1 nitrogen and oxygen atoms in total. The summed E-state index contributed by atoms with van der Waals surface area (Å²) in [6, 6.07) is 7.07. The lowest BCUT2D eigenvalue weighted by Gasteiger charge is -2.20. The summed E-state index contributed by atoms with van der Waals surface area (Å²) < 4.78 is 0. The summed E-state index contributed by atoms with van der Waals surface area (Å²) >= 11 is 0. The SMILES string of the molecule is Cc1ccc(N[C@H](C)C(C)C)c(C)c1. The minimum absolute atomic E-state index is 0.524. The average Bonchev–Trinajstić information content (AvgIpc) is 2.09. The van der Waals surface area contributed by atoms with Gasteiger partial charge in [-0.2, -0.15) is 0 Å². The van der Waals surface area contributed by atoms with Crippen LogP contribution in [0.3, 0.4) is 0 Å². The fraction of sp³-hybridized carbons (Fsp3) is 0.538. The van der Waals surface area contributed by atoms with Gasteiger partial charge in [-0.25, -0.2) is 0 Å². The molecular formula is C13H21N. The summed E-state index contributed by atoms with van der Waals surface area (Å²) in [5, 5.41) is 3.54. The predicted molar refractivity (Wildman–Crippen MR) is 63.8 cm³/mol. The zero-order chi connectivity index (χ0) is 10.7. The fourth-order valence-electron chi connectivity index (χ4n) is 1.39. The second-order valence-electron chi connectivity index (χ2n) is 4.50. The van der Waals surface area contributed by atoms with E-state index in [4.69, 9.17) is 0 Å². The Bertz CT molecular complexity index is 302. The first kappa shape index (κ1) is 11.1. The van der Waals surface area contributed by atoms with Crippen LogP contribution in [0.2, 0.25) is 0 Å². The normalized spacial score (nSPS) is 13.0. The van der Waals surface area contributed by atoms with E-state index in [-0.39, 0.29) is 0 Å². The van der Waals surface area contributed by atoms with Crippen LogP contribution in [0.5, 0.6) is 0 Å². The molecule has 78 valence electrons. The van der Waals surface area contributed by atoms with Gasteiger partial charge in [0.1, 0.15) is 0 Å². The van der Waals surface area contributed by atoms with Gasteiger partial charge in [-0.05, 0) is 38.3 Å². The fourth-order valence-corrected chi connectivity index (χ4v) is 1.39. The first-order chi connectivity index (χ1) is 6.50. The monoisotopic (exact) mass is 191 g/mol. The van der Waals surface area contributed by atoms with Crippen molar-refractivity contribution in [1.82, 2.24) is 0 Å². The highest BCUT2D eigenvalue weighted by Crippen LogP contribution is 2.18. The maximum atomic E-state index is 3.54. The first-order valence-electron chi connectivity index (χ1n) is 5.34. The molecule has 14 heavy (non-hydrogen) atoms. The van der Waals surface area contributed by atoms with Gasteiger partial charge in [0.05, 0.1) is 0 Å². The molecule has 1 aromatic rings. The molecule has 1 heteroatoms. The summed E-state index contributed by atoms with van der Waals surface area (Å²) in [6.07, 6.45) is 0. The summed E-state index contributed by atoms with van der Waals surface area (Å²) in [4.78, 5) is 0. The minimum atomic E-state index is 0.524. The number of benzene rings is 1. The highest BCUT2D eigenvalue weighted by atomic mass is 14.9. The molecule has 0 radical (unpaired) electrons. The number of aryl methyl sites for hydroxylation is 2. The second kappa shape index (κ2) is 4.50. The molecule has 1 N–H and O–H groups in total. The maximum absolute atomic E-state index is 3.54. The Balaban J connectivity index is 2.77. The van der Waals surface area contributed by atoms with Gasteiger partial charge in [-0.15, -0.1) is 0 Å². The van der Waals surface area contributed by atoms with Crippen molar-refractivity contribution in [3.8, 4) is 0 Å². The van der Waals surface area contributed by atoms with Crippen LogP contribution in [0, 0.1) is 19.8 Å². The number of nitrogens with one attached hydrogen (secondary N) is 1. The van der Waals surface area contributed by atoms with E-state index in [0.717, 1.165) is 0 Å². The molecule has 0 aliphatic heterocycles. The molecule has 1 atom stereocenters. The van der Waals surface area contributed by atoms with E-state index in [1.807, 2.05) is 0 Å². The van der Waals surface area contributed by atoms with Crippen molar-refractivity contribution >= 4 is 5.69 Å². The second-order valence-corrected chi connectivity index (χ2v) is 4.50. The van der Waals surface area contributed by atoms with Gasteiger partial charge in [0, 0.05) is 11.7 Å². The summed E-state index contributed by atoms with van der Waals surface area (Å²) in [7, 11) is 0. The number of rotatable bonds is 3. The van der Waals surface area contributed by atoms with E-state index < -0.39 is 0 Å². The van der Waals surface area contributed by atoms with Gasteiger partial charge < -0.3 is 5.32 Å². The van der Waals surface area contributed by atoms with Crippen LogP contribution < -0.4 is 5.32 Å². The maximum Gasteiger partial charge on any atom is 0.0372 e. The van der Waals surface area contributed by atoms with Crippen LogP contribution in [0.15, 0.2) is 18.2 Å². The molecule has 0 saturated carbocycles. The Labute approximate surface area is 87.5 Å². The molecule has 0 heterocycles. The lowest BCUT2D eigenvalue weighted by atomic mass is 10.0. The lowest BCUT2D eigenvalue weighted by molar-refractivity contribution is 0.560. The van der Waals surface area contributed by atoms with Crippen molar-refractivity contribution in [2.75, 3.05) is 5.32 Å². The average molecular weight is 191 g/mol. The Morgan fingerprint density at radius 1 is 1.07 bits per heavy atom. The molecule has 0 aromatic heterocycles. The van der Waals surface area contributed by atoms with Crippen LogP contribution >= 0.6 is 0 Å². The number of hydrogen-bond acceptors (Lipinski definition) is 1.